The van der Waals surface area contributed by atoms with Gasteiger partial charge in [0.25, 0.3) is 5.91 Å². The molecule has 1 aliphatic rings. The Morgan fingerprint density at radius 1 is 1.14 bits per heavy atom. The summed E-state index contributed by atoms with van der Waals surface area (Å²) in [7, 11) is 1.64. The lowest BCUT2D eigenvalue weighted by Crippen LogP contribution is -2.41. The van der Waals surface area contributed by atoms with Gasteiger partial charge in [0.1, 0.15) is 5.60 Å². The molecule has 0 aliphatic carbocycles. The summed E-state index contributed by atoms with van der Waals surface area (Å²) in [6.45, 7) is 8.11. The Balaban J connectivity index is 1.63. The number of imidazole rings is 1. The summed E-state index contributed by atoms with van der Waals surface area (Å²) in [4.78, 5) is 31.3. The number of halogens is 3. The molecule has 3 aromatic rings. The Kier molecular flexibility index (Phi) is 6.02. The van der Waals surface area contributed by atoms with Crippen LogP contribution in [0.25, 0.3) is 11.0 Å². The molecule has 10 heteroatoms. The molecule has 4 rings (SSSR count). The number of hydrogen-bond donors (Lipinski definition) is 1. The Bertz CT molecular complexity index is 1310. The second-order valence-electron chi connectivity index (χ2n) is 9.87. The number of aromatic nitrogens is 2. The van der Waals surface area contributed by atoms with Gasteiger partial charge in [0.05, 0.1) is 28.6 Å². The Labute approximate surface area is 200 Å². The van der Waals surface area contributed by atoms with E-state index in [2.05, 4.69) is 10.3 Å². The third kappa shape index (κ3) is 5.11. The largest absolute Gasteiger partial charge is 0.444 e. The van der Waals surface area contributed by atoms with E-state index in [1.54, 1.807) is 49.4 Å². The van der Waals surface area contributed by atoms with Crippen molar-refractivity contribution in [3.63, 3.8) is 0 Å². The molecule has 1 N–H and O–H groups in total. The quantitative estimate of drug-likeness (QED) is 0.502. The van der Waals surface area contributed by atoms with E-state index in [9.17, 15) is 22.8 Å². The van der Waals surface area contributed by atoms with Gasteiger partial charge in [-0.3, -0.25) is 4.79 Å². The van der Waals surface area contributed by atoms with Crippen molar-refractivity contribution in [1.29, 1.82) is 0 Å². The highest BCUT2D eigenvalue weighted by Gasteiger charge is 2.33. The third-order valence-electron chi connectivity index (χ3n) is 5.83. The molecule has 0 saturated carbocycles. The van der Waals surface area contributed by atoms with Gasteiger partial charge in [0, 0.05) is 25.7 Å². The fourth-order valence-electron chi connectivity index (χ4n) is 4.28. The fraction of sp³-hybridized carbons (Fsp3) is 0.400. The SMILES string of the molecule is CC1CN(C(=O)OC(C)(C)C)Cc2cc(C(=O)Nc3cc(C(F)(F)F)cc4ncn(C)c34)ccc21. The van der Waals surface area contributed by atoms with E-state index in [-0.39, 0.29) is 29.2 Å². The van der Waals surface area contributed by atoms with Crippen LogP contribution in [0.15, 0.2) is 36.7 Å². The van der Waals surface area contributed by atoms with Crippen LogP contribution in [0, 0.1) is 0 Å². The minimum atomic E-state index is -4.59. The number of aryl methyl sites for hydroxylation is 1. The van der Waals surface area contributed by atoms with Crippen molar-refractivity contribution in [2.75, 3.05) is 11.9 Å². The summed E-state index contributed by atoms with van der Waals surface area (Å²) in [5.41, 5.74) is 1.07. The van der Waals surface area contributed by atoms with Crippen LogP contribution in [0.5, 0.6) is 0 Å². The number of hydrogen-bond acceptors (Lipinski definition) is 4. The smallest absolute Gasteiger partial charge is 0.416 e. The third-order valence-corrected chi connectivity index (χ3v) is 5.83. The zero-order valence-corrected chi connectivity index (χ0v) is 20.2. The first kappa shape index (κ1) is 24.6. The van der Waals surface area contributed by atoms with E-state index in [0.29, 0.717) is 12.1 Å². The monoisotopic (exact) mass is 488 g/mol. The standard InChI is InChI=1S/C25H27F3N4O3/c1-14-11-32(23(34)35-24(2,3)4)12-16-8-15(6-7-18(14)16)22(33)30-20-10-17(25(26,27)28)9-19-21(20)31(5)13-29-19/h6-10,13-14H,11-12H2,1-5H3,(H,30,33). The van der Waals surface area contributed by atoms with Gasteiger partial charge in [-0.15, -0.1) is 0 Å². The van der Waals surface area contributed by atoms with E-state index in [1.807, 2.05) is 13.0 Å². The molecule has 0 saturated heterocycles. The maximum atomic E-state index is 13.4. The molecule has 1 atom stereocenters. The van der Waals surface area contributed by atoms with Crippen molar-refractivity contribution in [2.45, 2.75) is 51.9 Å². The molecule has 1 aliphatic heterocycles. The normalized spacial score (nSPS) is 16.2. The summed E-state index contributed by atoms with van der Waals surface area (Å²) in [6.07, 6.45) is -3.63. The first-order valence-corrected chi connectivity index (χ1v) is 11.2. The van der Waals surface area contributed by atoms with Crippen LogP contribution < -0.4 is 5.32 Å². The van der Waals surface area contributed by atoms with Crippen molar-refractivity contribution < 1.29 is 27.5 Å². The van der Waals surface area contributed by atoms with Crippen molar-refractivity contribution >= 4 is 28.7 Å². The van der Waals surface area contributed by atoms with Crippen LogP contribution in [0.2, 0.25) is 0 Å². The topological polar surface area (TPSA) is 76.5 Å². The number of amides is 2. The molecule has 35 heavy (non-hydrogen) atoms. The van der Waals surface area contributed by atoms with Gasteiger partial charge in [0.15, 0.2) is 0 Å². The molecule has 0 bridgehead atoms. The summed E-state index contributed by atoms with van der Waals surface area (Å²) in [5, 5.41) is 2.62. The number of benzene rings is 2. The van der Waals surface area contributed by atoms with Gasteiger partial charge in [0.2, 0.25) is 0 Å². The van der Waals surface area contributed by atoms with Crippen LogP contribution >= 0.6 is 0 Å². The molecule has 7 nitrogen and oxygen atoms in total. The predicted molar refractivity (Wildman–Crippen MR) is 125 cm³/mol. The van der Waals surface area contributed by atoms with E-state index in [0.717, 1.165) is 23.3 Å². The van der Waals surface area contributed by atoms with Gasteiger partial charge in [-0.25, -0.2) is 9.78 Å². The highest BCUT2D eigenvalue weighted by atomic mass is 19.4. The highest BCUT2D eigenvalue weighted by Crippen LogP contribution is 2.35. The van der Waals surface area contributed by atoms with Crippen molar-refractivity contribution in [3.05, 3.63) is 58.9 Å². The summed E-state index contributed by atoms with van der Waals surface area (Å²) in [6, 6.07) is 7.00. The summed E-state index contributed by atoms with van der Waals surface area (Å²) < 4.78 is 47.3. The number of alkyl halides is 3. The predicted octanol–water partition coefficient (Wildman–Crippen LogP) is 5.70. The number of carbonyl (C=O) groups is 2. The van der Waals surface area contributed by atoms with Crippen LogP contribution in [0.3, 0.4) is 0 Å². The maximum Gasteiger partial charge on any atom is 0.416 e. The van der Waals surface area contributed by atoms with Gasteiger partial charge < -0.3 is 19.5 Å². The minimum Gasteiger partial charge on any atom is -0.444 e. The lowest BCUT2D eigenvalue weighted by molar-refractivity contribution is -0.137. The summed E-state index contributed by atoms with van der Waals surface area (Å²) >= 11 is 0. The first-order chi connectivity index (χ1) is 16.2. The van der Waals surface area contributed by atoms with Crippen LogP contribution in [-0.4, -0.2) is 38.6 Å². The van der Waals surface area contributed by atoms with Gasteiger partial charge >= 0.3 is 12.3 Å². The number of nitrogens with zero attached hydrogens (tertiary/aromatic N) is 3. The second-order valence-corrected chi connectivity index (χ2v) is 9.87. The van der Waals surface area contributed by atoms with Gasteiger partial charge in [-0.05, 0) is 62.1 Å². The van der Waals surface area contributed by atoms with E-state index in [4.69, 9.17) is 4.74 Å². The average molecular weight is 489 g/mol. The molecule has 186 valence electrons. The lowest BCUT2D eigenvalue weighted by atomic mass is 9.90. The Hall–Kier alpha value is -3.56. The first-order valence-electron chi connectivity index (χ1n) is 11.2. The Morgan fingerprint density at radius 3 is 2.51 bits per heavy atom. The second kappa shape index (κ2) is 8.58. The number of fused-ring (bicyclic) bond motifs is 2. The van der Waals surface area contributed by atoms with Crippen LogP contribution in [0.4, 0.5) is 23.7 Å². The molecule has 2 aromatic carbocycles. The van der Waals surface area contributed by atoms with Crippen molar-refractivity contribution in [1.82, 2.24) is 14.5 Å². The molecule has 2 amide bonds. The fourth-order valence-corrected chi connectivity index (χ4v) is 4.28. The van der Waals surface area contributed by atoms with E-state index < -0.39 is 29.3 Å². The van der Waals surface area contributed by atoms with Crippen LogP contribution in [0.1, 0.15) is 60.7 Å². The van der Waals surface area contributed by atoms with Crippen molar-refractivity contribution in [2.24, 2.45) is 7.05 Å². The molecule has 0 spiro atoms. The molecular weight excluding hydrogens is 461 g/mol. The number of carbonyl (C=O) groups excluding carboxylic acids is 2. The number of nitrogens with one attached hydrogen (secondary N) is 1. The molecule has 0 fully saturated rings. The highest BCUT2D eigenvalue weighted by molar-refractivity contribution is 6.08. The van der Waals surface area contributed by atoms with E-state index in [1.165, 1.54) is 6.33 Å². The number of ether oxygens (including phenoxy) is 1. The molecule has 1 aromatic heterocycles. The van der Waals surface area contributed by atoms with Gasteiger partial charge in [-0.1, -0.05) is 13.0 Å². The minimum absolute atomic E-state index is 0.0151. The number of anilines is 1. The van der Waals surface area contributed by atoms with Crippen LogP contribution in [-0.2, 0) is 24.5 Å². The maximum absolute atomic E-state index is 13.4. The lowest BCUT2D eigenvalue weighted by Gasteiger charge is -2.34. The zero-order valence-electron chi connectivity index (χ0n) is 20.2. The zero-order chi connectivity index (χ0) is 25.7. The molecule has 0 radical (unpaired) electrons. The van der Waals surface area contributed by atoms with E-state index >= 15 is 0 Å². The molecular formula is C25H27F3N4O3. The van der Waals surface area contributed by atoms with Crippen molar-refractivity contribution in [3.8, 4) is 0 Å². The Morgan fingerprint density at radius 2 is 1.86 bits per heavy atom. The molecule has 2 heterocycles. The molecule has 1 unspecified atom stereocenters. The average Bonchev–Trinajstić information content (AvgIpc) is 3.12. The summed E-state index contributed by atoms with van der Waals surface area (Å²) in [5.74, 6) is -0.530. The van der Waals surface area contributed by atoms with Gasteiger partial charge in [-0.2, -0.15) is 13.2 Å². The number of rotatable bonds is 2.